The van der Waals surface area contributed by atoms with E-state index in [-0.39, 0.29) is 5.56 Å². The molecule has 4 rings (SSSR count). The van der Waals surface area contributed by atoms with E-state index in [4.69, 9.17) is 10.5 Å². The number of nitrogens with one attached hydrogen (secondary N) is 2. The maximum Gasteiger partial charge on any atom is 0.389 e. The Morgan fingerprint density at radius 3 is 2.27 bits per heavy atom. The van der Waals surface area contributed by atoms with Crippen molar-refractivity contribution in [2.24, 2.45) is 16.6 Å². The van der Waals surface area contributed by atoms with Crippen LogP contribution < -0.4 is 21.1 Å². The van der Waals surface area contributed by atoms with Crippen LogP contribution in [-0.4, -0.2) is 42.9 Å². The summed E-state index contributed by atoms with van der Waals surface area (Å²) in [7, 11) is 1.43. The summed E-state index contributed by atoms with van der Waals surface area (Å²) in [6.45, 7) is 0. The van der Waals surface area contributed by atoms with Gasteiger partial charge in [-0.3, -0.25) is 14.4 Å². The number of hydrogen-bond donors (Lipinski definition) is 3. The Kier molecular flexibility index (Phi) is 8.52. The van der Waals surface area contributed by atoms with E-state index < -0.39 is 54.7 Å². The summed E-state index contributed by atoms with van der Waals surface area (Å²) in [6, 6.07) is 21.8. The number of para-hydroxylation sites is 1. The summed E-state index contributed by atoms with van der Waals surface area (Å²) in [5.41, 5.74) is 7.70. The highest BCUT2D eigenvalue weighted by atomic mass is 19.4. The molecule has 0 saturated carbocycles. The maximum absolute atomic E-state index is 13.6. The van der Waals surface area contributed by atoms with Crippen LogP contribution in [0.3, 0.4) is 0 Å². The van der Waals surface area contributed by atoms with Crippen molar-refractivity contribution in [1.29, 1.82) is 0 Å². The molecule has 3 aromatic carbocycles. The first kappa shape index (κ1) is 28.3. The third-order valence-corrected chi connectivity index (χ3v) is 6.53. The number of ether oxygens (including phenoxy) is 1. The van der Waals surface area contributed by atoms with Gasteiger partial charge in [-0.1, -0.05) is 72.8 Å². The van der Waals surface area contributed by atoms with Crippen LogP contribution in [-0.2, 0) is 14.4 Å². The number of aliphatic imine (C=N–C) groups is 1. The van der Waals surface area contributed by atoms with Gasteiger partial charge in [0, 0.05) is 17.5 Å². The monoisotopic (exact) mass is 552 g/mol. The second kappa shape index (κ2) is 12.0. The number of fused-ring (bicyclic) bond motifs is 1. The van der Waals surface area contributed by atoms with Gasteiger partial charge < -0.3 is 21.1 Å². The SMILES string of the molecule is COc1cccc2c1NC(=O)[C@@H](NC(=O)C(CCC(F)(F)F)C(C(N)=O)c1ccccc1)N=C2c1ccccc1. The highest BCUT2D eigenvalue weighted by Gasteiger charge is 2.39. The predicted molar refractivity (Wildman–Crippen MR) is 143 cm³/mol. The summed E-state index contributed by atoms with van der Waals surface area (Å²) in [6.07, 6.45) is -8.18. The molecule has 3 amide bonds. The highest BCUT2D eigenvalue weighted by Crippen LogP contribution is 2.35. The molecule has 3 atom stereocenters. The molecule has 1 aliphatic rings. The van der Waals surface area contributed by atoms with E-state index >= 15 is 0 Å². The van der Waals surface area contributed by atoms with E-state index in [0.29, 0.717) is 28.3 Å². The lowest BCUT2D eigenvalue weighted by atomic mass is 9.81. The van der Waals surface area contributed by atoms with Gasteiger partial charge in [0.2, 0.25) is 18.0 Å². The third-order valence-electron chi connectivity index (χ3n) is 6.53. The normalized spacial score (nSPS) is 16.4. The van der Waals surface area contributed by atoms with Crippen molar-refractivity contribution < 1.29 is 32.3 Å². The molecule has 4 N–H and O–H groups in total. The zero-order valence-corrected chi connectivity index (χ0v) is 21.4. The largest absolute Gasteiger partial charge is 0.495 e. The molecule has 0 aromatic heterocycles. The van der Waals surface area contributed by atoms with Crippen molar-refractivity contribution in [3.63, 3.8) is 0 Å². The van der Waals surface area contributed by atoms with Crippen LogP contribution in [0.5, 0.6) is 5.75 Å². The number of alkyl halides is 3. The molecule has 11 heteroatoms. The zero-order chi connectivity index (χ0) is 28.9. The van der Waals surface area contributed by atoms with Crippen molar-refractivity contribution in [3.8, 4) is 5.75 Å². The molecular weight excluding hydrogens is 525 g/mol. The summed E-state index contributed by atoms with van der Waals surface area (Å²) >= 11 is 0. The van der Waals surface area contributed by atoms with Gasteiger partial charge in [-0.25, -0.2) is 4.99 Å². The van der Waals surface area contributed by atoms with Crippen LogP contribution >= 0.6 is 0 Å². The van der Waals surface area contributed by atoms with Crippen LogP contribution in [0.4, 0.5) is 18.9 Å². The zero-order valence-electron chi connectivity index (χ0n) is 21.4. The molecular formula is C29H27F3N4O4. The average molecular weight is 553 g/mol. The standard InChI is InChI=1S/C29H27F3N4O4/c1-40-21-14-8-13-20-23(18-11-6-3-7-12-18)34-26(28(39)35-24(20)21)36-27(38)19(15-16-29(30,31)32)22(25(33)37)17-9-4-2-5-10-17/h2-14,19,22,26H,15-16H2,1H3,(H2,33,37)(H,35,39)(H,36,38)/t19?,22?,26-/m1/s1. The van der Waals surface area contributed by atoms with E-state index in [1.54, 1.807) is 66.7 Å². The van der Waals surface area contributed by atoms with Crippen molar-refractivity contribution in [1.82, 2.24) is 5.32 Å². The molecule has 0 radical (unpaired) electrons. The second-order valence-electron chi connectivity index (χ2n) is 9.18. The fourth-order valence-electron chi connectivity index (χ4n) is 4.67. The number of methoxy groups -OCH3 is 1. The first-order valence-corrected chi connectivity index (χ1v) is 12.4. The Hall–Kier alpha value is -4.67. The Morgan fingerprint density at radius 1 is 1.02 bits per heavy atom. The molecule has 1 heterocycles. The van der Waals surface area contributed by atoms with E-state index in [9.17, 15) is 27.6 Å². The van der Waals surface area contributed by atoms with Crippen molar-refractivity contribution in [3.05, 3.63) is 95.6 Å². The second-order valence-corrected chi connectivity index (χ2v) is 9.18. The van der Waals surface area contributed by atoms with Crippen molar-refractivity contribution >= 4 is 29.1 Å². The number of anilines is 1. The van der Waals surface area contributed by atoms with Gasteiger partial charge in [0.25, 0.3) is 5.91 Å². The number of hydrogen-bond acceptors (Lipinski definition) is 5. The average Bonchev–Trinajstić information content (AvgIpc) is 3.07. The molecule has 2 unspecified atom stereocenters. The Bertz CT molecular complexity index is 1410. The molecule has 208 valence electrons. The van der Waals surface area contributed by atoms with Gasteiger partial charge in [-0.2, -0.15) is 13.2 Å². The molecule has 3 aromatic rings. The van der Waals surface area contributed by atoms with Gasteiger partial charge in [0.1, 0.15) is 5.75 Å². The molecule has 0 spiro atoms. The number of benzene rings is 3. The third kappa shape index (κ3) is 6.48. The summed E-state index contributed by atoms with van der Waals surface area (Å²) in [4.78, 5) is 43.9. The van der Waals surface area contributed by atoms with E-state index in [1.165, 1.54) is 19.2 Å². The van der Waals surface area contributed by atoms with E-state index in [1.807, 2.05) is 0 Å². The number of nitrogens with zero attached hydrogens (tertiary/aromatic N) is 1. The topological polar surface area (TPSA) is 123 Å². The molecule has 40 heavy (non-hydrogen) atoms. The Morgan fingerprint density at radius 2 is 1.68 bits per heavy atom. The van der Waals surface area contributed by atoms with Crippen LogP contribution in [0.1, 0.15) is 35.4 Å². The van der Waals surface area contributed by atoms with Crippen LogP contribution in [0.15, 0.2) is 83.9 Å². The smallest absolute Gasteiger partial charge is 0.389 e. The fourth-order valence-corrected chi connectivity index (χ4v) is 4.67. The Balaban J connectivity index is 1.74. The van der Waals surface area contributed by atoms with Crippen LogP contribution in [0.2, 0.25) is 0 Å². The molecule has 0 aliphatic carbocycles. The highest BCUT2D eigenvalue weighted by molar-refractivity contribution is 6.20. The lowest BCUT2D eigenvalue weighted by Crippen LogP contribution is -2.47. The quantitative estimate of drug-likeness (QED) is 0.369. The first-order valence-electron chi connectivity index (χ1n) is 12.4. The van der Waals surface area contributed by atoms with Gasteiger partial charge in [0.05, 0.1) is 30.3 Å². The van der Waals surface area contributed by atoms with Crippen LogP contribution in [0.25, 0.3) is 0 Å². The molecule has 0 saturated heterocycles. The molecule has 1 aliphatic heterocycles. The van der Waals surface area contributed by atoms with Gasteiger partial charge >= 0.3 is 6.18 Å². The number of benzodiazepines with no additional fused rings is 1. The summed E-state index contributed by atoms with van der Waals surface area (Å²) < 4.78 is 45.1. The number of nitrogens with two attached hydrogens (primary N) is 1. The number of amides is 3. The number of halogens is 3. The lowest BCUT2D eigenvalue weighted by Gasteiger charge is -2.26. The number of carbonyl (C=O) groups is 3. The minimum Gasteiger partial charge on any atom is -0.495 e. The summed E-state index contributed by atoms with van der Waals surface area (Å²) in [5, 5.41) is 5.18. The maximum atomic E-state index is 13.6. The van der Waals surface area contributed by atoms with Crippen molar-refractivity contribution in [2.45, 2.75) is 31.1 Å². The lowest BCUT2D eigenvalue weighted by molar-refractivity contribution is -0.144. The van der Waals surface area contributed by atoms with E-state index in [0.717, 1.165) is 0 Å². The molecule has 0 fully saturated rings. The van der Waals surface area contributed by atoms with Gasteiger partial charge in [0.15, 0.2) is 0 Å². The minimum absolute atomic E-state index is 0.285. The van der Waals surface area contributed by atoms with Gasteiger partial charge in [-0.15, -0.1) is 0 Å². The van der Waals surface area contributed by atoms with E-state index in [2.05, 4.69) is 15.6 Å². The Labute approximate surface area is 228 Å². The molecule has 8 nitrogen and oxygen atoms in total. The predicted octanol–water partition coefficient (Wildman–Crippen LogP) is 4.15. The number of rotatable bonds is 9. The number of primary amides is 1. The first-order chi connectivity index (χ1) is 19.1. The molecule has 0 bridgehead atoms. The minimum atomic E-state index is -4.59. The number of carbonyl (C=O) groups excluding carboxylic acids is 3. The summed E-state index contributed by atoms with van der Waals surface area (Å²) in [5.74, 6) is -5.22. The van der Waals surface area contributed by atoms with Gasteiger partial charge in [-0.05, 0) is 18.1 Å². The fraction of sp³-hybridized carbons (Fsp3) is 0.241. The van der Waals surface area contributed by atoms with Crippen molar-refractivity contribution in [2.75, 3.05) is 12.4 Å². The van der Waals surface area contributed by atoms with Crippen LogP contribution in [0, 0.1) is 5.92 Å².